The summed E-state index contributed by atoms with van der Waals surface area (Å²) in [7, 11) is 3.59. The lowest BCUT2D eigenvalue weighted by Crippen LogP contribution is -2.28. The van der Waals surface area contributed by atoms with Crippen LogP contribution < -0.4 is 15.4 Å². The van der Waals surface area contributed by atoms with Crippen LogP contribution in [0.15, 0.2) is 36.4 Å². The Bertz CT molecular complexity index is 588. The van der Waals surface area contributed by atoms with Gasteiger partial charge in [-0.05, 0) is 43.3 Å². The minimum Gasteiger partial charge on any atom is -0.497 e. The molecule has 2 aromatic rings. The van der Waals surface area contributed by atoms with E-state index in [0.29, 0.717) is 6.54 Å². The van der Waals surface area contributed by atoms with Gasteiger partial charge in [-0.25, -0.2) is 4.79 Å². The highest BCUT2D eigenvalue weighted by Gasteiger charge is 2.04. The number of anilines is 1. The lowest BCUT2D eigenvalue weighted by molar-refractivity contribution is 0.251. The van der Waals surface area contributed by atoms with Gasteiger partial charge in [0.2, 0.25) is 0 Å². The predicted molar refractivity (Wildman–Crippen MR) is 79.0 cm³/mol. The first-order valence-corrected chi connectivity index (χ1v) is 6.40. The number of nitrogens with one attached hydrogen (secondary N) is 2. The number of carbonyl (C=O) groups is 1. The van der Waals surface area contributed by atoms with Crippen LogP contribution in [0.3, 0.4) is 0 Å². The topological polar surface area (TPSA) is 55.3 Å². The summed E-state index contributed by atoms with van der Waals surface area (Å²) in [6.45, 7) is 2.52. The number of amides is 2. The van der Waals surface area contributed by atoms with Gasteiger partial charge < -0.3 is 19.9 Å². The van der Waals surface area contributed by atoms with E-state index in [9.17, 15) is 4.79 Å². The first kappa shape index (κ1) is 14.0. The third-order valence-corrected chi connectivity index (χ3v) is 3.25. The Morgan fingerprint density at radius 2 is 1.90 bits per heavy atom. The van der Waals surface area contributed by atoms with Gasteiger partial charge >= 0.3 is 6.03 Å². The van der Waals surface area contributed by atoms with E-state index < -0.39 is 0 Å². The fraction of sp³-hybridized carbons (Fsp3) is 0.267. The maximum absolute atomic E-state index is 11.8. The van der Waals surface area contributed by atoms with Crippen LogP contribution in [-0.2, 0) is 13.6 Å². The molecule has 0 atom stereocenters. The molecule has 1 aromatic carbocycles. The number of urea groups is 1. The molecular formula is C15H19N3O2. The smallest absolute Gasteiger partial charge is 0.319 e. The first-order valence-electron chi connectivity index (χ1n) is 6.40. The standard InChI is InChI=1S/C15H19N3O2/c1-11-4-7-13(18(11)2)10-16-15(19)17-12-5-8-14(20-3)9-6-12/h4-9H,10H2,1-3H3,(H2,16,17,19). The molecule has 1 heterocycles. The molecule has 0 aliphatic carbocycles. The van der Waals surface area contributed by atoms with Crippen LogP contribution in [0, 0.1) is 6.92 Å². The minimum absolute atomic E-state index is 0.228. The zero-order chi connectivity index (χ0) is 14.5. The number of aryl methyl sites for hydroxylation is 1. The molecule has 106 valence electrons. The predicted octanol–water partition coefficient (Wildman–Crippen LogP) is 2.66. The minimum atomic E-state index is -0.228. The Hall–Kier alpha value is -2.43. The second-order valence-electron chi connectivity index (χ2n) is 4.56. The number of hydrogen-bond acceptors (Lipinski definition) is 2. The van der Waals surface area contributed by atoms with E-state index in [0.717, 1.165) is 22.8 Å². The Kier molecular flexibility index (Phi) is 4.30. The van der Waals surface area contributed by atoms with Crippen LogP contribution in [-0.4, -0.2) is 17.7 Å². The third kappa shape index (κ3) is 3.32. The molecule has 0 fully saturated rings. The lowest BCUT2D eigenvalue weighted by Gasteiger charge is -2.09. The molecule has 0 spiro atoms. The van der Waals surface area contributed by atoms with Gasteiger partial charge in [-0.2, -0.15) is 0 Å². The maximum Gasteiger partial charge on any atom is 0.319 e. The fourth-order valence-electron chi connectivity index (χ4n) is 1.86. The van der Waals surface area contributed by atoms with E-state index in [4.69, 9.17) is 4.74 Å². The largest absolute Gasteiger partial charge is 0.497 e. The Balaban J connectivity index is 1.87. The van der Waals surface area contributed by atoms with Crippen molar-refractivity contribution in [1.82, 2.24) is 9.88 Å². The van der Waals surface area contributed by atoms with Crippen molar-refractivity contribution in [2.75, 3.05) is 12.4 Å². The second kappa shape index (κ2) is 6.14. The molecule has 5 heteroatoms. The number of nitrogens with zero attached hydrogens (tertiary/aromatic N) is 1. The number of hydrogen-bond donors (Lipinski definition) is 2. The molecule has 2 amide bonds. The molecule has 1 aromatic heterocycles. The second-order valence-corrected chi connectivity index (χ2v) is 4.56. The van der Waals surface area contributed by atoms with Gasteiger partial charge in [0, 0.05) is 24.1 Å². The van der Waals surface area contributed by atoms with Crippen LogP contribution in [0.4, 0.5) is 10.5 Å². The van der Waals surface area contributed by atoms with E-state index in [-0.39, 0.29) is 6.03 Å². The molecule has 0 radical (unpaired) electrons. The molecule has 2 rings (SSSR count). The fourth-order valence-corrected chi connectivity index (χ4v) is 1.86. The Morgan fingerprint density at radius 1 is 1.20 bits per heavy atom. The number of aromatic nitrogens is 1. The molecular weight excluding hydrogens is 254 g/mol. The summed E-state index contributed by atoms with van der Waals surface area (Å²) in [5.74, 6) is 0.759. The van der Waals surface area contributed by atoms with Gasteiger partial charge in [0.25, 0.3) is 0 Å². The van der Waals surface area contributed by atoms with E-state index in [2.05, 4.69) is 10.6 Å². The summed E-state index contributed by atoms with van der Waals surface area (Å²) in [4.78, 5) is 11.8. The van der Waals surface area contributed by atoms with E-state index in [1.165, 1.54) is 0 Å². The SMILES string of the molecule is COc1ccc(NC(=O)NCc2ccc(C)n2C)cc1. The molecule has 0 aliphatic rings. The van der Waals surface area contributed by atoms with Crippen LogP contribution in [0.25, 0.3) is 0 Å². The van der Waals surface area contributed by atoms with Gasteiger partial charge in [-0.1, -0.05) is 0 Å². The number of rotatable bonds is 4. The van der Waals surface area contributed by atoms with Gasteiger partial charge in [0.15, 0.2) is 0 Å². The average Bonchev–Trinajstić information content (AvgIpc) is 2.77. The van der Waals surface area contributed by atoms with Crippen molar-refractivity contribution in [2.45, 2.75) is 13.5 Å². The zero-order valence-electron chi connectivity index (χ0n) is 11.9. The highest BCUT2D eigenvalue weighted by Crippen LogP contribution is 2.14. The highest BCUT2D eigenvalue weighted by atomic mass is 16.5. The Morgan fingerprint density at radius 3 is 2.45 bits per heavy atom. The molecule has 0 bridgehead atoms. The quantitative estimate of drug-likeness (QED) is 0.899. The van der Waals surface area contributed by atoms with Gasteiger partial charge in [-0.15, -0.1) is 0 Å². The van der Waals surface area contributed by atoms with Crippen molar-refractivity contribution < 1.29 is 9.53 Å². The monoisotopic (exact) mass is 273 g/mol. The van der Waals surface area contributed by atoms with Crippen molar-refractivity contribution in [2.24, 2.45) is 7.05 Å². The van der Waals surface area contributed by atoms with Crippen LogP contribution in [0.1, 0.15) is 11.4 Å². The number of methoxy groups -OCH3 is 1. The summed E-state index contributed by atoms with van der Waals surface area (Å²) in [6.07, 6.45) is 0. The molecule has 0 saturated heterocycles. The number of ether oxygens (including phenoxy) is 1. The average molecular weight is 273 g/mol. The highest BCUT2D eigenvalue weighted by molar-refractivity contribution is 5.89. The van der Waals surface area contributed by atoms with Crippen LogP contribution in [0.5, 0.6) is 5.75 Å². The molecule has 2 N–H and O–H groups in total. The van der Waals surface area contributed by atoms with Crippen molar-refractivity contribution in [3.8, 4) is 5.75 Å². The van der Waals surface area contributed by atoms with E-state index in [1.54, 1.807) is 31.4 Å². The lowest BCUT2D eigenvalue weighted by atomic mass is 10.3. The normalized spacial score (nSPS) is 10.2. The summed E-state index contributed by atoms with van der Waals surface area (Å²) < 4.78 is 7.11. The van der Waals surface area contributed by atoms with Crippen LogP contribution in [0.2, 0.25) is 0 Å². The van der Waals surface area contributed by atoms with Crippen molar-refractivity contribution in [1.29, 1.82) is 0 Å². The van der Waals surface area contributed by atoms with Crippen molar-refractivity contribution >= 4 is 11.7 Å². The van der Waals surface area contributed by atoms with E-state index in [1.807, 2.05) is 30.7 Å². The summed E-state index contributed by atoms with van der Waals surface area (Å²) >= 11 is 0. The first-order chi connectivity index (χ1) is 9.60. The molecule has 0 saturated carbocycles. The summed E-state index contributed by atoms with van der Waals surface area (Å²) in [5, 5.41) is 5.60. The van der Waals surface area contributed by atoms with E-state index >= 15 is 0 Å². The summed E-state index contributed by atoms with van der Waals surface area (Å²) in [6, 6.07) is 11.0. The zero-order valence-corrected chi connectivity index (χ0v) is 11.9. The maximum atomic E-state index is 11.8. The van der Waals surface area contributed by atoms with Crippen molar-refractivity contribution in [3.63, 3.8) is 0 Å². The van der Waals surface area contributed by atoms with Gasteiger partial charge in [0.1, 0.15) is 5.75 Å². The molecule has 5 nitrogen and oxygen atoms in total. The molecule has 0 aliphatic heterocycles. The van der Waals surface area contributed by atoms with Crippen molar-refractivity contribution in [3.05, 3.63) is 47.8 Å². The number of benzene rings is 1. The molecule has 0 unspecified atom stereocenters. The summed E-state index contributed by atoms with van der Waals surface area (Å²) in [5.41, 5.74) is 2.95. The molecule has 20 heavy (non-hydrogen) atoms. The van der Waals surface area contributed by atoms with Gasteiger partial charge in [0.05, 0.1) is 13.7 Å². The van der Waals surface area contributed by atoms with Gasteiger partial charge in [-0.3, -0.25) is 0 Å². The third-order valence-electron chi connectivity index (χ3n) is 3.25. The van der Waals surface area contributed by atoms with Crippen LogP contribution >= 0.6 is 0 Å². The number of carbonyl (C=O) groups excluding carboxylic acids is 1. The Labute approximate surface area is 118 Å².